The highest BCUT2D eigenvalue weighted by Gasteiger charge is 2.30. The van der Waals surface area contributed by atoms with Gasteiger partial charge in [-0.3, -0.25) is 4.79 Å². The summed E-state index contributed by atoms with van der Waals surface area (Å²) in [5, 5.41) is 20.4. The fourth-order valence-electron chi connectivity index (χ4n) is 1.25. The maximum absolute atomic E-state index is 11.5. The first-order valence-corrected chi connectivity index (χ1v) is 6.71. The second-order valence-electron chi connectivity index (χ2n) is 4.41. The largest absolute Gasteiger partial charge is 0.493 e. The Morgan fingerprint density at radius 1 is 1.45 bits per heavy atom. The highest BCUT2D eigenvalue weighted by molar-refractivity contribution is 9.10. The van der Waals surface area contributed by atoms with Crippen LogP contribution in [0, 0.1) is 0 Å². The van der Waals surface area contributed by atoms with E-state index in [1.54, 1.807) is 12.1 Å². The smallest absolute Gasteiger partial charge is 0.337 e. The molecule has 0 aliphatic rings. The van der Waals surface area contributed by atoms with Crippen molar-refractivity contribution in [2.75, 3.05) is 13.2 Å². The Labute approximate surface area is 124 Å². The van der Waals surface area contributed by atoms with Gasteiger partial charge in [-0.15, -0.1) is 0 Å². The Morgan fingerprint density at radius 2 is 2.15 bits per heavy atom. The SMILES string of the molecule is CC(O)(CNC(=O)CCOc1cccc(Br)c1)C(=O)O. The van der Waals surface area contributed by atoms with Crippen LogP contribution in [0.4, 0.5) is 0 Å². The van der Waals surface area contributed by atoms with Gasteiger partial charge in [0.15, 0.2) is 5.60 Å². The lowest BCUT2D eigenvalue weighted by atomic mass is 10.1. The zero-order valence-electron chi connectivity index (χ0n) is 10.9. The maximum Gasteiger partial charge on any atom is 0.337 e. The number of hydrogen-bond acceptors (Lipinski definition) is 4. The molecular weight excluding hydrogens is 330 g/mol. The topological polar surface area (TPSA) is 95.9 Å². The van der Waals surface area contributed by atoms with Gasteiger partial charge in [-0.2, -0.15) is 0 Å². The molecule has 1 amide bonds. The number of aliphatic carboxylic acids is 1. The highest BCUT2D eigenvalue weighted by atomic mass is 79.9. The molecule has 1 aromatic carbocycles. The van der Waals surface area contributed by atoms with Crippen LogP contribution in [-0.4, -0.2) is 40.8 Å². The molecular formula is C13H16BrNO5. The lowest BCUT2D eigenvalue weighted by Gasteiger charge is -2.18. The zero-order chi connectivity index (χ0) is 15.2. The van der Waals surface area contributed by atoms with Crippen molar-refractivity contribution in [2.45, 2.75) is 18.9 Å². The summed E-state index contributed by atoms with van der Waals surface area (Å²) in [7, 11) is 0. The minimum Gasteiger partial charge on any atom is -0.493 e. The van der Waals surface area contributed by atoms with Crippen LogP contribution in [0.1, 0.15) is 13.3 Å². The average molecular weight is 346 g/mol. The third-order valence-corrected chi connectivity index (χ3v) is 2.98. The molecule has 0 aliphatic heterocycles. The molecule has 0 bridgehead atoms. The maximum atomic E-state index is 11.5. The van der Waals surface area contributed by atoms with Crippen LogP contribution in [0.15, 0.2) is 28.7 Å². The van der Waals surface area contributed by atoms with Crippen molar-refractivity contribution in [3.63, 3.8) is 0 Å². The quantitative estimate of drug-likeness (QED) is 0.689. The van der Waals surface area contributed by atoms with Crippen LogP contribution in [0.3, 0.4) is 0 Å². The van der Waals surface area contributed by atoms with E-state index < -0.39 is 11.6 Å². The number of nitrogens with one attached hydrogen (secondary N) is 1. The number of carboxylic acids is 1. The molecule has 1 atom stereocenters. The van der Waals surface area contributed by atoms with Crippen molar-refractivity contribution in [2.24, 2.45) is 0 Å². The predicted octanol–water partition coefficient (Wildman–Crippen LogP) is 1.17. The molecule has 0 spiro atoms. The monoisotopic (exact) mass is 345 g/mol. The summed E-state index contributed by atoms with van der Waals surface area (Å²) in [6.07, 6.45) is 0.0716. The van der Waals surface area contributed by atoms with Gasteiger partial charge in [0.1, 0.15) is 5.75 Å². The van der Waals surface area contributed by atoms with Crippen LogP contribution >= 0.6 is 15.9 Å². The van der Waals surface area contributed by atoms with E-state index in [9.17, 15) is 14.7 Å². The van der Waals surface area contributed by atoms with Gasteiger partial charge in [0, 0.05) is 4.47 Å². The summed E-state index contributed by atoms with van der Waals surface area (Å²) in [4.78, 5) is 22.1. The van der Waals surface area contributed by atoms with E-state index in [-0.39, 0.29) is 25.5 Å². The number of carboxylic acid groups (broad SMARTS) is 1. The summed E-state index contributed by atoms with van der Waals surface area (Å²) in [6, 6.07) is 7.20. The Bertz CT molecular complexity index is 489. The Hall–Kier alpha value is -1.60. The van der Waals surface area contributed by atoms with E-state index >= 15 is 0 Å². The molecule has 1 aromatic rings. The van der Waals surface area contributed by atoms with Gasteiger partial charge in [0.2, 0.25) is 5.91 Å². The van der Waals surface area contributed by atoms with Gasteiger partial charge in [-0.25, -0.2) is 4.79 Å². The molecule has 1 unspecified atom stereocenters. The van der Waals surface area contributed by atoms with E-state index in [0.29, 0.717) is 5.75 Å². The summed E-state index contributed by atoms with van der Waals surface area (Å²) in [5.41, 5.74) is -1.97. The van der Waals surface area contributed by atoms with Crippen LogP contribution in [0.5, 0.6) is 5.75 Å². The molecule has 0 radical (unpaired) electrons. The zero-order valence-corrected chi connectivity index (χ0v) is 12.5. The van der Waals surface area contributed by atoms with Crippen molar-refractivity contribution in [3.05, 3.63) is 28.7 Å². The van der Waals surface area contributed by atoms with E-state index in [4.69, 9.17) is 9.84 Å². The Morgan fingerprint density at radius 3 is 2.75 bits per heavy atom. The summed E-state index contributed by atoms with van der Waals surface area (Å²) >= 11 is 3.30. The van der Waals surface area contributed by atoms with Gasteiger partial charge < -0.3 is 20.3 Å². The molecule has 3 N–H and O–H groups in total. The number of aliphatic hydroxyl groups is 1. The molecule has 0 saturated carbocycles. The van der Waals surface area contributed by atoms with Crippen molar-refractivity contribution in [1.29, 1.82) is 0 Å². The predicted molar refractivity (Wildman–Crippen MR) is 75.5 cm³/mol. The number of carbonyl (C=O) groups is 2. The molecule has 20 heavy (non-hydrogen) atoms. The first-order chi connectivity index (χ1) is 9.31. The fourth-order valence-corrected chi connectivity index (χ4v) is 1.63. The molecule has 6 nitrogen and oxygen atoms in total. The van der Waals surface area contributed by atoms with Gasteiger partial charge >= 0.3 is 5.97 Å². The minimum atomic E-state index is -1.97. The lowest BCUT2D eigenvalue weighted by Crippen LogP contribution is -2.46. The number of ether oxygens (including phenoxy) is 1. The molecule has 0 heterocycles. The lowest BCUT2D eigenvalue weighted by molar-refractivity contribution is -0.156. The highest BCUT2D eigenvalue weighted by Crippen LogP contribution is 2.17. The first-order valence-electron chi connectivity index (χ1n) is 5.92. The summed E-state index contributed by atoms with van der Waals surface area (Å²) in [6.45, 7) is 0.934. The van der Waals surface area contributed by atoms with Crippen LogP contribution in [0.2, 0.25) is 0 Å². The van der Waals surface area contributed by atoms with Crippen LogP contribution in [0.25, 0.3) is 0 Å². The molecule has 0 aliphatic carbocycles. The average Bonchev–Trinajstić information content (AvgIpc) is 2.36. The number of rotatable bonds is 7. The minimum absolute atomic E-state index is 0.0716. The normalized spacial score (nSPS) is 13.3. The second-order valence-corrected chi connectivity index (χ2v) is 5.33. The Balaban J connectivity index is 2.29. The van der Waals surface area contributed by atoms with Gasteiger partial charge in [-0.05, 0) is 25.1 Å². The van der Waals surface area contributed by atoms with Crippen LogP contribution in [-0.2, 0) is 9.59 Å². The van der Waals surface area contributed by atoms with Crippen molar-refractivity contribution in [1.82, 2.24) is 5.32 Å². The van der Waals surface area contributed by atoms with Gasteiger partial charge in [-0.1, -0.05) is 22.0 Å². The second kappa shape index (κ2) is 7.25. The number of halogens is 1. The third-order valence-electron chi connectivity index (χ3n) is 2.48. The molecule has 1 rings (SSSR count). The van der Waals surface area contributed by atoms with E-state index in [1.807, 2.05) is 12.1 Å². The molecule has 7 heteroatoms. The standard InChI is InChI=1S/C13H16BrNO5/c1-13(19,12(17)18)8-15-11(16)5-6-20-10-4-2-3-9(14)7-10/h2-4,7,19H,5-6,8H2,1H3,(H,15,16)(H,17,18). The van der Waals surface area contributed by atoms with Crippen molar-refractivity contribution in [3.8, 4) is 5.75 Å². The summed E-state index contributed by atoms with van der Waals surface area (Å²) in [5.74, 6) is -1.14. The van der Waals surface area contributed by atoms with E-state index in [2.05, 4.69) is 21.2 Å². The fraction of sp³-hybridized carbons (Fsp3) is 0.385. The van der Waals surface area contributed by atoms with Crippen LogP contribution < -0.4 is 10.1 Å². The van der Waals surface area contributed by atoms with Gasteiger partial charge in [0.25, 0.3) is 0 Å². The molecule has 0 saturated heterocycles. The molecule has 0 fully saturated rings. The van der Waals surface area contributed by atoms with Gasteiger partial charge in [0.05, 0.1) is 19.6 Å². The number of carbonyl (C=O) groups excluding carboxylic acids is 1. The van der Waals surface area contributed by atoms with Crippen molar-refractivity contribution < 1.29 is 24.5 Å². The van der Waals surface area contributed by atoms with Crippen molar-refractivity contribution >= 4 is 27.8 Å². The number of amides is 1. The summed E-state index contributed by atoms with van der Waals surface area (Å²) < 4.78 is 6.24. The number of benzene rings is 1. The van der Waals surface area contributed by atoms with E-state index in [0.717, 1.165) is 11.4 Å². The number of hydrogen-bond donors (Lipinski definition) is 3. The third kappa shape index (κ3) is 5.58. The first kappa shape index (κ1) is 16.5. The molecule has 0 aromatic heterocycles. The Kier molecular flexibility index (Phi) is 5.97. The van der Waals surface area contributed by atoms with E-state index in [1.165, 1.54) is 0 Å². The molecule has 110 valence electrons.